The van der Waals surface area contributed by atoms with Crippen molar-refractivity contribution in [1.82, 2.24) is 5.32 Å². The molecule has 0 fully saturated rings. The van der Waals surface area contributed by atoms with Crippen molar-refractivity contribution in [3.63, 3.8) is 0 Å². The van der Waals surface area contributed by atoms with E-state index in [2.05, 4.69) is 37.2 Å². The van der Waals surface area contributed by atoms with Gasteiger partial charge in [0.2, 0.25) is 0 Å². The third-order valence-electron chi connectivity index (χ3n) is 1.30. The summed E-state index contributed by atoms with van der Waals surface area (Å²) in [7, 11) is 1.60. The van der Waals surface area contributed by atoms with Crippen LogP contribution >= 0.6 is 31.9 Å². The maximum absolute atomic E-state index is 5.65. The van der Waals surface area contributed by atoms with E-state index in [0.29, 0.717) is 0 Å². The van der Waals surface area contributed by atoms with Gasteiger partial charge in [-0.3, -0.25) is 0 Å². The van der Waals surface area contributed by atoms with E-state index in [4.69, 9.17) is 10.5 Å². The first-order chi connectivity index (χ1) is 5.16. The number of methoxy groups -OCH3 is 1. The maximum Gasteiger partial charge on any atom is 0.148 e. The van der Waals surface area contributed by atoms with E-state index in [1.165, 1.54) is 0 Å². The van der Waals surface area contributed by atoms with Crippen LogP contribution in [0.15, 0.2) is 20.9 Å². The SMILES string of the molecule is COC1=C(Br)C(N)NC=C1Br. The zero-order chi connectivity index (χ0) is 8.43. The number of halogens is 2. The van der Waals surface area contributed by atoms with Gasteiger partial charge in [-0.05, 0) is 31.9 Å². The highest BCUT2D eigenvalue weighted by Crippen LogP contribution is 2.28. The Kier molecular flexibility index (Phi) is 2.98. The molecule has 0 amide bonds. The lowest BCUT2D eigenvalue weighted by molar-refractivity contribution is 0.298. The normalized spacial score (nSPS) is 24.4. The Labute approximate surface area is 81.9 Å². The van der Waals surface area contributed by atoms with Gasteiger partial charge in [0.1, 0.15) is 11.9 Å². The predicted molar refractivity (Wildman–Crippen MR) is 51.1 cm³/mol. The molecule has 11 heavy (non-hydrogen) atoms. The van der Waals surface area contributed by atoms with Crippen LogP contribution in [0.2, 0.25) is 0 Å². The zero-order valence-corrected chi connectivity index (χ0v) is 9.07. The third-order valence-corrected chi connectivity index (χ3v) is 2.74. The Balaban J connectivity index is 2.95. The average Bonchev–Trinajstić information content (AvgIpc) is 1.99. The molecule has 0 bridgehead atoms. The van der Waals surface area contributed by atoms with Crippen LogP contribution in [-0.2, 0) is 4.74 Å². The van der Waals surface area contributed by atoms with E-state index in [-0.39, 0.29) is 6.17 Å². The Morgan fingerprint density at radius 2 is 2.27 bits per heavy atom. The van der Waals surface area contributed by atoms with Crippen LogP contribution in [0.5, 0.6) is 0 Å². The largest absolute Gasteiger partial charge is 0.495 e. The number of nitrogens with one attached hydrogen (secondary N) is 1. The molecule has 3 nitrogen and oxygen atoms in total. The van der Waals surface area contributed by atoms with Gasteiger partial charge in [0, 0.05) is 6.20 Å². The van der Waals surface area contributed by atoms with Crippen LogP contribution in [0.1, 0.15) is 0 Å². The van der Waals surface area contributed by atoms with E-state index >= 15 is 0 Å². The summed E-state index contributed by atoms with van der Waals surface area (Å²) < 4.78 is 6.75. The first kappa shape index (κ1) is 9.09. The number of hydrogen-bond acceptors (Lipinski definition) is 3. The molecule has 1 rings (SSSR count). The second-order valence-corrected chi connectivity index (χ2v) is 3.73. The van der Waals surface area contributed by atoms with E-state index in [1.54, 1.807) is 13.3 Å². The fraction of sp³-hybridized carbons (Fsp3) is 0.333. The number of rotatable bonds is 1. The van der Waals surface area contributed by atoms with Crippen molar-refractivity contribution in [1.29, 1.82) is 0 Å². The highest BCUT2D eigenvalue weighted by Gasteiger charge is 2.18. The minimum absolute atomic E-state index is 0.216. The number of allylic oxidation sites excluding steroid dienone is 1. The summed E-state index contributed by atoms with van der Waals surface area (Å²) in [5.74, 6) is 0.733. The van der Waals surface area contributed by atoms with Gasteiger partial charge in [-0.15, -0.1) is 0 Å². The Morgan fingerprint density at radius 1 is 1.64 bits per heavy atom. The molecule has 1 heterocycles. The first-order valence-electron chi connectivity index (χ1n) is 2.98. The summed E-state index contributed by atoms with van der Waals surface area (Å²) in [6.07, 6.45) is 1.54. The number of nitrogens with two attached hydrogens (primary N) is 1. The van der Waals surface area contributed by atoms with Crippen LogP contribution in [0.4, 0.5) is 0 Å². The van der Waals surface area contributed by atoms with Gasteiger partial charge in [-0.1, -0.05) is 0 Å². The molecule has 1 atom stereocenters. The van der Waals surface area contributed by atoms with Crippen molar-refractivity contribution >= 4 is 31.9 Å². The molecule has 0 saturated heterocycles. The van der Waals surface area contributed by atoms with Crippen LogP contribution in [0.3, 0.4) is 0 Å². The number of ether oxygens (including phenoxy) is 1. The van der Waals surface area contributed by atoms with Crippen molar-refractivity contribution in [3.8, 4) is 0 Å². The quantitative estimate of drug-likeness (QED) is 0.764. The topological polar surface area (TPSA) is 47.3 Å². The summed E-state index contributed by atoms with van der Waals surface area (Å²) >= 11 is 6.63. The lowest BCUT2D eigenvalue weighted by Crippen LogP contribution is -2.37. The van der Waals surface area contributed by atoms with Crippen LogP contribution in [0, 0.1) is 0 Å². The fourth-order valence-corrected chi connectivity index (χ4v) is 2.03. The third kappa shape index (κ3) is 1.77. The molecule has 0 radical (unpaired) electrons. The molecule has 0 aliphatic carbocycles. The lowest BCUT2D eigenvalue weighted by Gasteiger charge is -2.20. The lowest BCUT2D eigenvalue weighted by atomic mass is 10.3. The minimum atomic E-state index is -0.216. The Bertz CT molecular complexity index is 225. The molecule has 0 spiro atoms. The predicted octanol–water partition coefficient (Wildman–Crippen LogP) is 1.36. The van der Waals surface area contributed by atoms with E-state index in [0.717, 1.165) is 14.7 Å². The maximum atomic E-state index is 5.65. The number of hydrogen-bond donors (Lipinski definition) is 2. The van der Waals surface area contributed by atoms with Crippen molar-refractivity contribution in [3.05, 3.63) is 20.9 Å². The average molecular weight is 284 g/mol. The first-order valence-corrected chi connectivity index (χ1v) is 4.56. The molecule has 0 saturated carbocycles. The van der Waals surface area contributed by atoms with Gasteiger partial charge in [-0.2, -0.15) is 0 Å². The fourth-order valence-electron chi connectivity index (χ4n) is 0.752. The van der Waals surface area contributed by atoms with Gasteiger partial charge in [0.15, 0.2) is 0 Å². The molecule has 1 aliphatic heterocycles. The summed E-state index contributed by atoms with van der Waals surface area (Å²) in [5, 5.41) is 2.93. The molecular weight excluding hydrogens is 276 g/mol. The molecule has 5 heteroatoms. The van der Waals surface area contributed by atoms with Crippen LogP contribution in [-0.4, -0.2) is 13.3 Å². The number of dihydropyridines is 1. The van der Waals surface area contributed by atoms with Crippen LogP contribution in [0.25, 0.3) is 0 Å². The van der Waals surface area contributed by atoms with E-state index in [9.17, 15) is 0 Å². The van der Waals surface area contributed by atoms with Crippen molar-refractivity contribution < 1.29 is 4.74 Å². The standard InChI is InChI=1S/C6H8Br2N2O/c1-11-5-3(7)2-10-6(9)4(5)8/h2,6,10H,9H2,1H3. The molecule has 0 aromatic carbocycles. The molecule has 0 aromatic heterocycles. The van der Waals surface area contributed by atoms with Crippen molar-refractivity contribution in [2.24, 2.45) is 5.73 Å². The van der Waals surface area contributed by atoms with Crippen LogP contribution < -0.4 is 11.1 Å². The van der Waals surface area contributed by atoms with E-state index < -0.39 is 0 Å². The van der Waals surface area contributed by atoms with Gasteiger partial charge >= 0.3 is 0 Å². The second-order valence-electron chi connectivity index (χ2n) is 2.02. The van der Waals surface area contributed by atoms with Gasteiger partial charge < -0.3 is 15.8 Å². The Morgan fingerprint density at radius 3 is 2.73 bits per heavy atom. The van der Waals surface area contributed by atoms with E-state index in [1.807, 2.05) is 0 Å². The van der Waals surface area contributed by atoms with Gasteiger partial charge in [0.25, 0.3) is 0 Å². The molecule has 3 N–H and O–H groups in total. The molecular formula is C6H8Br2N2O. The highest BCUT2D eigenvalue weighted by molar-refractivity contribution is 9.12. The van der Waals surface area contributed by atoms with Crippen molar-refractivity contribution in [2.45, 2.75) is 6.17 Å². The monoisotopic (exact) mass is 282 g/mol. The Hall–Kier alpha value is -0.000000000000000111. The van der Waals surface area contributed by atoms with Crippen molar-refractivity contribution in [2.75, 3.05) is 7.11 Å². The second kappa shape index (κ2) is 3.60. The summed E-state index contributed by atoms with van der Waals surface area (Å²) in [5.41, 5.74) is 5.65. The smallest absolute Gasteiger partial charge is 0.148 e. The minimum Gasteiger partial charge on any atom is -0.495 e. The summed E-state index contributed by atoms with van der Waals surface area (Å²) in [6, 6.07) is 0. The highest BCUT2D eigenvalue weighted by atomic mass is 79.9. The summed E-state index contributed by atoms with van der Waals surface area (Å²) in [6.45, 7) is 0. The molecule has 62 valence electrons. The molecule has 0 aromatic rings. The summed E-state index contributed by atoms with van der Waals surface area (Å²) in [4.78, 5) is 0. The van der Waals surface area contributed by atoms with Gasteiger partial charge in [-0.25, -0.2) is 0 Å². The van der Waals surface area contributed by atoms with Gasteiger partial charge in [0.05, 0.1) is 16.1 Å². The molecule has 1 aliphatic rings. The zero-order valence-electron chi connectivity index (χ0n) is 5.90. The molecule has 1 unspecified atom stereocenters.